The predicted molar refractivity (Wildman–Crippen MR) is 94.3 cm³/mol. The minimum absolute atomic E-state index is 0.193. The van der Waals surface area contributed by atoms with E-state index in [1.807, 2.05) is 24.3 Å². The number of halogens is 3. The van der Waals surface area contributed by atoms with E-state index in [4.69, 9.17) is 35.4 Å². The normalized spacial score (nSPS) is 10.0. The highest BCUT2D eigenvalue weighted by Gasteiger charge is 2.10. The average molecular weight is 404 g/mol. The molecule has 1 amide bonds. The largest absolute Gasteiger partial charge is 0.332 e. The molecule has 0 radical (unpaired) electrons. The first-order valence-electron chi connectivity index (χ1n) is 5.78. The van der Waals surface area contributed by atoms with Crippen molar-refractivity contribution >= 4 is 68.1 Å². The molecule has 2 aromatic carbocycles. The zero-order valence-corrected chi connectivity index (χ0v) is 14.4. The maximum atomic E-state index is 12.0. The van der Waals surface area contributed by atoms with Gasteiger partial charge in [-0.05, 0) is 54.7 Å². The SMILES string of the molecule is O=C(NC(=S)Nc1ccc(Br)cc1)c1cc(Cl)cc(Cl)c1. The lowest BCUT2D eigenvalue weighted by Gasteiger charge is -2.10. The Morgan fingerprint density at radius 3 is 2.19 bits per heavy atom. The molecule has 0 aliphatic rings. The van der Waals surface area contributed by atoms with Gasteiger partial charge in [-0.2, -0.15) is 0 Å². The molecule has 2 N–H and O–H groups in total. The lowest BCUT2D eigenvalue weighted by Crippen LogP contribution is -2.34. The number of rotatable bonds is 2. The van der Waals surface area contributed by atoms with Crippen LogP contribution in [0.3, 0.4) is 0 Å². The van der Waals surface area contributed by atoms with Gasteiger partial charge in [0, 0.05) is 25.8 Å². The van der Waals surface area contributed by atoms with E-state index in [9.17, 15) is 4.79 Å². The van der Waals surface area contributed by atoms with Gasteiger partial charge in [-0.3, -0.25) is 10.1 Å². The van der Waals surface area contributed by atoms with Gasteiger partial charge in [0.15, 0.2) is 5.11 Å². The Hall–Kier alpha value is -1.14. The van der Waals surface area contributed by atoms with Crippen LogP contribution in [0.25, 0.3) is 0 Å². The van der Waals surface area contributed by atoms with E-state index < -0.39 is 0 Å². The van der Waals surface area contributed by atoms with Crippen molar-refractivity contribution in [1.29, 1.82) is 0 Å². The summed E-state index contributed by atoms with van der Waals surface area (Å²) in [6.07, 6.45) is 0. The van der Waals surface area contributed by atoms with Gasteiger partial charge in [-0.1, -0.05) is 39.1 Å². The lowest BCUT2D eigenvalue weighted by molar-refractivity contribution is 0.0977. The summed E-state index contributed by atoms with van der Waals surface area (Å²) in [5.74, 6) is -0.381. The van der Waals surface area contributed by atoms with E-state index in [-0.39, 0.29) is 11.0 Å². The number of benzene rings is 2. The minimum atomic E-state index is -0.381. The first kappa shape index (κ1) is 16.2. The summed E-state index contributed by atoms with van der Waals surface area (Å²) in [5.41, 5.74) is 1.11. The Bertz CT molecular complexity index is 672. The molecule has 0 aliphatic carbocycles. The maximum Gasteiger partial charge on any atom is 0.257 e. The highest BCUT2D eigenvalue weighted by molar-refractivity contribution is 9.10. The van der Waals surface area contributed by atoms with Gasteiger partial charge in [-0.25, -0.2) is 0 Å². The van der Waals surface area contributed by atoms with Gasteiger partial charge in [-0.15, -0.1) is 0 Å². The standard InChI is InChI=1S/C14H9BrCl2N2OS/c15-9-1-3-12(4-2-9)18-14(21)19-13(20)8-5-10(16)7-11(17)6-8/h1-7H,(H2,18,19,20,21). The first-order valence-corrected chi connectivity index (χ1v) is 7.74. The molecule has 0 spiro atoms. The van der Waals surface area contributed by atoms with E-state index in [1.165, 1.54) is 12.1 Å². The van der Waals surface area contributed by atoms with Crippen molar-refractivity contribution in [3.63, 3.8) is 0 Å². The Balaban J connectivity index is 2.01. The number of hydrogen-bond donors (Lipinski definition) is 2. The molecular formula is C14H9BrCl2N2OS. The Labute approximate surface area is 145 Å². The Morgan fingerprint density at radius 2 is 1.62 bits per heavy atom. The summed E-state index contributed by atoms with van der Waals surface area (Å²) >= 11 is 20.1. The van der Waals surface area contributed by atoms with Crippen LogP contribution in [0, 0.1) is 0 Å². The smallest absolute Gasteiger partial charge is 0.257 e. The van der Waals surface area contributed by atoms with E-state index in [0.717, 1.165) is 10.2 Å². The van der Waals surface area contributed by atoms with Crippen molar-refractivity contribution in [2.24, 2.45) is 0 Å². The minimum Gasteiger partial charge on any atom is -0.332 e. The molecule has 0 heterocycles. The number of thiocarbonyl (C=S) groups is 1. The lowest BCUT2D eigenvalue weighted by atomic mass is 10.2. The fourth-order valence-electron chi connectivity index (χ4n) is 1.56. The Kier molecular flexibility index (Phi) is 5.58. The molecule has 0 unspecified atom stereocenters. The van der Waals surface area contributed by atoms with Gasteiger partial charge in [0.05, 0.1) is 0 Å². The summed E-state index contributed by atoms with van der Waals surface area (Å²) in [6.45, 7) is 0. The van der Waals surface area contributed by atoms with E-state index in [0.29, 0.717) is 15.6 Å². The van der Waals surface area contributed by atoms with Crippen LogP contribution in [0.5, 0.6) is 0 Å². The number of carbonyl (C=O) groups is 1. The van der Waals surface area contributed by atoms with Crippen LogP contribution in [-0.4, -0.2) is 11.0 Å². The summed E-state index contributed by atoms with van der Waals surface area (Å²) in [6, 6.07) is 12.0. The molecule has 2 rings (SSSR count). The summed E-state index contributed by atoms with van der Waals surface area (Å²) < 4.78 is 0.955. The number of hydrogen-bond acceptors (Lipinski definition) is 2. The van der Waals surface area contributed by atoms with Crippen LogP contribution in [0.1, 0.15) is 10.4 Å². The van der Waals surface area contributed by atoms with E-state index in [1.54, 1.807) is 6.07 Å². The molecule has 0 bridgehead atoms. The van der Waals surface area contributed by atoms with Crippen LogP contribution in [0.2, 0.25) is 10.0 Å². The fraction of sp³-hybridized carbons (Fsp3) is 0. The molecule has 0 aromatic heterocycles. The highest BCUT2D eigenvalue weighted by Crippen LogP contribution is 2.19. The first-order chi connectivity index (χ1) is 9.94. The van der Waals surface area contributed by atoms with Crippen molar-refractivity contribution in [1.82, 2.24) is 5.32 Å². The molecular weight excluding hydrogens is 395 g/mol. The molecule has 0 fully saturated rings. The summed E-state index contributed by atoms with van der Waals surface area (Å²) in [5, 5.41) is 6.45. The van der Waals surface area contributed by atoms with Crippen molar-refractivity contribution in [3.8, 4) is 0 Å². The molecule has 0 saturated carbocycles. The van der Waals surface area contributed by atoms with Crippen molar-refractivity contribution in [2.45, 2.75) is 0 Å². The van der Waals surface area contributed by atoms with Crippen molar-refractivity contribution in [3.05, 3.63) is 62.5 Å². The molecule has 21 heavy (non-hydrogen) atoms. The molecule has 2 aromatic rings. The second kappa shape index (κ2) is 7.22. The molecule has 0 atom stereocenters. The quantitative estimate of drug-likeness (QED) is 0.702. The van der Waals surface area contributed by atoms with E-state index >= 15 is 0 Å². The Morgan fingerprint density at radius 1 is 1.05 bits per heavy atom. The van der Waals surface area contributed by atoms with Gasteiger partial charge in [0.25, 0.3) is 5.91 Å². The number of amides is 1. The van der Waals surface area contributed by atoms with E-state index in [2.05, 4.69) is 26.6 Å². The van der Waals surface area contributed by atoms with Crippen LogP contribution >= 0.6 is 51.3 Å². The topological polar surface area (TPSA) is 41.1 Å². The van der Waals surface area contributed by atoms with Gasteiger partial charge >= 0.3 is 0 Å². The van der Waals surface area contributed by atoms with Gasteiger partial charge < -0.3 is 5.32 Å². The zero-order valence-electron chi connectivity index (χ0n) is 10.5. The summed E-state index contributed by atoms with van der Waals surface area (Å²) in [4.78, 5) is 12.0. The van der Waals surface area contributed by atoms with Gasteiger partial charge in [0.1, 0.15) is 0 Å². The second-order valence-electron chi connectivity index (χ2n) is 4.07. The molecule has 7 heteroatoms. The fourth-order valence-corrected chi connectivity index (χ4v) is 2.56. The third-order valence-electron chi connectivity index (χ3n) is 2.45. The highest BCUT2D eigenvalue weighted by atomic mass is 79.9. The van der Waals surface area contributed by atoms with Gasteiger partial charge in [0.2, 0.25) is 0 Å². The van der Waals surface area contributed by atoms with Crippen LogP contribution < -0.4 is 10.6 Å². The second-order valence-corrected chi connectivity index (χ2v) is 6.27. The average Bonchev–Trinajstić information content (AvgIpc) is 2.40. The van der Waals surface area contributed by atoms with Crippen LogP contribution in [-0.2, 0) is 0 Å². The van der Waals surface area contributed by atoms with Crippen molar-refractivity contribution in [2.75, 3.05) is 5.32 Å². The predicted octanol–water partition coefficient (Wildman–Crippen LogP) is 4.88. The number of anilines is 1. The van der Waals surface area contributed by atoms with Crippen LogP contribution in [0.4, 0.5) is 5.69 Å². The molecule has 3 nitrogen and oxygen atoms in total. The third-order valence-corrected chi connectivity index (χ3v) is 3.62. The maximum absolute atomic E-state index is 12.0. The zero-order chi connectivity index (χ0) is 15.4. The number of carbonyl (C=O) groups excluding carboxylic acids is 1. The number of nitrogens with one attached hydrogen (secondary N) is 2. The van der Waals surface area contributed by atoms with Crippen molar-refractivity contribution < 1.29 is 4.79 Å². The van der Waals surface area contributed by atoms with Crippen LogP contribution in [0.15, 0.2) is 46.9 Å². The molecule has 0 saturated heterocycles. The molecule has 108 valence electrons. The molecule has 0 aliphatic heterocycles. The monoisotopic (exact) mass is 402 g/mol. The third kappa shape index (κ3) is 4.97. The summed E-state index contributed by atoms with van der Waals surface area (Å²) in [7, 11) is 0.